The molecular weight excluding hydrogens is 430 g/mol. The van der Waals surface area contributed by atoms with Gasteiger partial charge in [0.05, 0.1) is 28.7 Å². The fourth-order valence-electron chi connectivity index (χ4n) is 4.09. The highest BCUT2D eigenvalue weighted by Crippen LogP contribution is 2.28. The molecule has 1 aliphatic rings. The summed E-state index contributed by atoms with van der Waals surface area (Å²) in [5.74, 6) is 0. The molecule has 0 amide bonds. The molecule has 0 spiro atoms. The number of H-pyrrole nitrogens is 1. The summed E-state index contributed by atoms with van der Waals surface area (Å²) in [6, 6.07) is 3.30. The fraction of sp³-hybridized carbons (Fsp3) is 0.333. The highest BCUT2D eigenvalue weighted by atomic mass is 32.1. The lowest BCUT2D eigenvalue weighted by molar-refractivity contribution is 0.215. The van der Waals surface area contributed by atoms with Gasteiger partial charge in [-0.25, -0.2) is 9.78 Å². The summed E-state index contributed by atoms with van der Waals surface area (Å²) in [5.41, 5.74) is 6.90. The van der Waals surface area contributed by atoms with Gasteiger partial charge in [0.25, 0.3) is 5.56 Å². The average molecular weight is 454 g/mol. The molecule has 0 saturated carbocycles. The zero-order valence-electron chi connectivity index (χ0n) is 17.5. The Kier molecular flexibility index (Phi) is 6.10. The van der Waals surface area contributed by atoms with E-state index >= 15 is 0 Å². The molecule has 4 heterocycles. The van der Waals surface area contributed by atoms with Gasteiger partial charge in [-0.1, -0.05) is 12.2 Å². The summed E-state index contributed by atoms with van der Waals surface area (Å²) >= 11 is 5.41. The fourth-order valence-corrected chi connectivity index (χ4v) is 4.39. The van der Waals surface area contributed by atoms with Crippen LogP contribution in [0.25, 0.3) is 27.5 Å². The number of hydrogen-bond acceptors (Lipinski definition) is 8. The third kappa shape index (κ3) is 3.80. The minimum atomic E-state index is -0.511. The van der Waals surface area contributed by atoms with Gasteiger partial charge in [0.15, 0.2) is 0 Å². The van der Waals surface area contributed by atoms with E-state index < -0.39 is 11.2 Å². The van der Waals surface area contributed by atoms with Crippen LogP contribution in [0.4, 0.5) is 0 Å². The Morgan fingerprint density at radius 2 is 2.12 bits per heavy atom. The number of hydrogen-bond donors (Lipinski definition) is 3. The van der Waals surface area contributed by atoms with E-state index in [-0.39, 0.29) is 11.4 Å². The number of aromatic amines is 1. The van der Waals surface area contributed by atoms with Crippen LogP contribution >= 0.6 is 12.2 Å². The molecule has 1 fully saturated rings. The number of likely N-dealkylation sites (tertiary alicyclic amines) is 1. The van der Waals surface area contributed by atoms with Crippen molar-refractivity contribution in [1.82, 2.24) is 24.4 Å². The van der Waals surface area contributed by atoms with E-state index in [2.05, 4.69) is 19.9 Å². The minimum absolute atomic E-state index is 0.147. The minimum Gasteiger partial charge on any atom is -0.404 e. The number of nitrogens with one attached hydrogen (secondary N) is 2. The Labute approximate surface area is 188 Å². The Morgan fingerprint density at radius 3 is 2.78 bits per heavy atom. The summed E-state index contributed by atoms with van der Waals surface area (Å²) in [5, 5.41) is 7.84. The zero-order valence-corrected chi connectivity index (χ0v) is 18.3. The van der Waals surface area contributed by atoms with Crippen molar-refractivity contribution in [2.45, 2.75) is 18.9 Å². The molecule has 4 N–H and O–H groups in total. The molecule has 3 aromatic rings. The van der Waals surface area contributed by atoms with E-state index in [1.165, 1.54) is 12.4 Å². The van der Waals surface area contributed by atoms with Gasteiger partial charge in [0.2, 0.25) is 0 Å². The standard InChI is InChI=1S/C21H23N7O3S/c1-31-11-17(32)27-6-4-13(5-7-27)28-19-14(20(29)26-21(28)30)10-24-16-3-2-15(25-18(16)19)12(8-22)9-23/h2-3,8-10,13,22H,4-7,11,23H2,1H3,(H,26,29,30)/b12-9+,22-8?. The Hall–Kier alpha value is -3.44. The molecule has 166 valence electrons. The summed E-state index contributed by atoms with van der Waals surface area (Å²) in [7, 11) is 1.61. The van der Waals surface area contributed by atoms with Gasteiger partial charge >= 0.3 is 5.69 Å². The van der Waals surface area contributed by atoms with E-state index in [4.69, 9.17) is 28.1 Å². The van der Waals surface area contributed by atoms with E-state index in [0.29, 0.717) is 60.4 Å². The molecule has 3 aromatic heterocycles. The van der Waals surface area contributed by atoms with Crippen LogP contribution < -0.4 is 17.0 Å². The molecule has 1 saturated heterocycles. The summed E-state index contributed by atoms with van der Waals surface area (Å²) in [6.45, 7) is 1.74. The van der Waals surface area contributed by atoms with E-state index in [1.54, 1.807) is 23.8 Å². The van der Waals surface area contributed by atoms with E-state index in [9.17, 15) is 9.59 Å². The molecule has 11 heteroatoms. The first kappa shape index (κ1) is 21.8. The number of aromatic nitrogens is 4. The van der Waals surface area contributed by atoms with E-state index in [0.717, 1.165) is 11.2 Å². The van der Waals surface area contributed by atoms with Gasteiger partial charge in [-0.15, -0.1) is 0 Å². The van der Waals surface area contributed by atoms with Crippen molar-refractivity contribution in [2.24, 2.45) is 5.73 Å². The van der Waals surface area contributed by atoms with Crippen molar-refractivity contribution in [3.8, 4) is 0 Å². The highest BCUT2D eigenvalue weighted by Gasteiger charge is 2.26. The number of pyridine rings is 2. The lowest BCUT2D eigenvalue weighted by Gasteiger charge is -2.34. The van der Waals surface area contributed by atoms with Crippen LogP contribution in [0.15, 0.2) is 34.1 Å². The molecule has 0 unspecified atom stereocenters. The van der Waals surface area contributed by atoms with Gasteiger partial charge in [0, 0.05) is 50.4 Å². The van der Waals surface area contributed by atoms with Crippen molar-refractivity contribution in [1.29, 1.82) is 5.41 Å². The van der Waals surface area contributed by atoms with Crippen LogP contribution in [0.3, 0.4) is 0 Å². The number of methoxy groups -OCH3 is 1. The second-order valence-corrected chi connectivity index (χ2v) is 8.00. The van der Waals surface area contributed by atoms with Crippen molar-refractivity contribution in [3.63, 3.8) is 0 Å². The topological polar surface area (TPSA) is 143 Å². The van der Waals surface area contributed by atoms with Gasteiger partial charge in [0.1, 0.15) is 10.5 Å². The van der Waals surface area contributed by atoms with Crippen LogP contribution in [0.1, 0.15) is 24.6 Å². The van der Waals surface area contributed by atoms with Gasteiger partial charge in [-0.2, -0.15) is 0 Å². The summed E-state index contributed by atoms with van der Waals surface area (Å²) in [4.78, 5) is 39.8. The van der Waals surface area contributed by atoms with Crippen LogP contribution in [0, 0.1) is 5.41 Å². The largest absolute Gasteiger partial charge is 0.404 e. The SMILES string of the molecule is COCC(=S)N1CCC(n2c(=O)[nH]c(=O)c3cnc4ccc(/C(C=N)=C/N)nc4c32)CC1. The molecule has 4 rings (SSSR count). The van der Waals surface area contributed by atoms with Crippen molar-refractivity contribution >= 4 is 50.9 Å². The molecule has 0 atom stereocenters. The summed E-state index contributed by atoms with van der Waals surface area (Å²) in [6.07, 6.45) is 5.20. The number of ether oxygens (including phenoxy) is 1. The Balaban J connectivity index is 1.88. The molecule has 1 aliphatic heterocycles. The number of nitrogens with zero attached hydrogens (tertiary/aromatic N) is 4. The predicted molar refractivity (Wildman–Crippen MR) is 127 cm³/mol. The molecule has 0 aliphatic carbocycles. The van der Waals surface area contributed by atoms with Crippen LogP contribution in [0.2, 0.25) is 0 Å². The number of allylic oxidation sites excluding steroid dienone is 1. The first-order valence-corrected chi connectivity index (χ1v) is 10.5. The first-order chi connectivity index (χ1) is 15.5. The Bertz CT molecular complexity index is 1350. The van der Waals surface area contributed by atoms with Crippen molar-refractivity contribution in [3.05, 3.63) is 51.1 Å². The number of piperidine rings is 1. The first-order valence-electron chi connectivity index (χ1n) is 10.1. The molecule has 0 radical (unpaired) electrons. The van der Waals surface area contributed by atoms with Crippen LogP contribution in [-0.2, 0) is 4.74 Å². The molecular formula is C21H23N7O3S. The van der Waals surface area contributed by atoms with Gasteiger partial charge in [-0.05, 0) is 25.0 Å². The molecule has 32 heavy (non-hydrogen) atoms. The number of fused-ring (bicyclic) bond motifs is 3. The maximum absolute atomic E-state index is 13.0. The van der Waals surface area contributed by atoms with Crippen LogP contribution in [-0.4, -0.2) is 62.4 Å². The summed E-state index contributed by atoms with van der Waals surface area (Å²) < 4.78 is 6.75. The van der Waals surface area contributed by atoms with Crippen molar-refractivity contribution < 1.29 is 4.74 Å². The molecule has 0 aromatic carbocycles. The number of rotatable bonds is 5. The third-order valence-corrected chi connectivity index (χ3v) is 6.07. The van der Waals surface area contributed by atoms with Crippen molar-refractivity contribution in [2.75, 3.05) is 26.8 Å². The zero-order chi connectivity index (χ0) is 22.8. The second kappa shape index (κ2) is 8.97. The van der Waals surface area contributed by atoms with Gasteiger partial charge in [-0.3, -0.25) is 19.3 Å². The Morgan fingerprint density at radius 1 is 1.38 bits per heavy atom. The molecule has 10 nitrogen and oxygen atoms in total. The third-order valence-electron chi connectivity index (χ3n) is 5.69. The van der Waals surface area contributed by atoms with Gasteiger partial charge < -0.3 is 20.8 Å². The molecule has 0 bridgehead atoms. The maximum Gasteiger partial charge on any atom is 0.329 e. The van der Waals surface area contributed by atoms with Crippen LogP contribution in [0.5, 0.6) is 0 Å². The lowest BCUT2D eigenvalue weighted by atomic mass is 10.0. The smallest absolute Gasteiger partial charge is 0.329 e. The maximum atomic E-state index is 13.0. The quantitative estimate of drug-likeness (QED) is 0.297. The average Bonchev–Trinajstić information content (AvgIpc) is 2.80. The number of nitrogens with two attached hydrogens (primary N) is 1. The second-order valence-electron chi connectivity index (χ2n) is 7.53. The van der Waals surface area contributed by atoms with E-state index in [1.807, 2.05) is 0 Å². The monoisotopic (exact) mass is 453 g/mol. The highest BCUT2D eigenvalue weighted by molar-refractivity contribution is 7.80. The normalized spacial score (nSPS) is 15.4. The number of thiocarbonyl (C=S) groups is 1. The predicted octanol–water partition coefficient (Wildman–Crippen LogP) is 1.19. The lowest BCUT2D eigenvalue weighted by Crippen LogP contribution is -2.42.